The summed E-state index contributed by atoms with van der Waals surface area (Å²) in [4.78, 5) is 41.5. The number of nitrogens with one attached hydrogen (secondary N) is 2. The van der Waals surface area contributed by atoms with Gasteiger partial charge in [0, 0.05) is 17.8 Å². The van der Waals surface area contributed by atoms with E-state index in [4.69, 9.17) is 0 Å². The zero-order chi connectivity index (χ0) is 21.0. The van der Waals surface area contributed by atoms with E-state index in [-0.39, 0.29) is 23.9 Å². The van der Waals surface area contributed by atoms with Crippen LogP contribution in [0.1, 0.15) is 34.8 Å². The molecule has 7 heteroatoms. The Bertz CT molecular complexity index is 1110. The number of amides is 2. The molecule has 7 nitrogen and oxygen atoms in total. The van der Waals surface area contributed by atoms with E-state index in [1.165, 1.54) is 10.9 Å². The zero-order valence-corrected chi connectivity index (χ0v) is 16.8. The molecule has 29 heavy (non-hydrogen) atoms. The van der Waals surface area contributed by atoms with Crippen molar-refractivity contribution in [3.8, 4) is 0 Å². The molecule has 0 saturated heterocycles. The van der Waals surface area contributed by atoms with Crippen molar-refractivity contribution >= 4 is 28.4 Å². The number of anilines is 1. The van der Waals surface area contributed by atoms with Crippen LogP contribution in [0.3, 0.4) is 0 Å². The summed E-state index contributed by atoms with van der Waals surface area (Å²) in [5.74, 6) is -0.513. The van der Waals surface area contributed by atoms with Crippen LogP contribution in [0, 0.1) is 13.8 Å². The Morgan fingerprint density at radius 1 is 1.07 bits per heavy atom. The van der Waals surface area contributed by atoms with E-state index in [1.54, 1.807) is 18.2 Å². The van der Waals surface area contributed by atoms with Gasteiger partial charge in [0.2, 0.25) is 5.91 Å². The third kappa shape index (κ3) is 4.87. The van der Waals surface area contributed by atoms with Crippen LogP contribution >= 0.6 is 0 Å². The minimum absolute atomic E-state index is 0.145. The third-order valence-corrected chi connectivity index (χ3v) is 4.44. The standard InChI is InChI=1S/C22H24N4O3/c1-4-7-23-21(28)16-5-6-18-19(11-16)24-13-26(22(18)29)12-20(27)25-17-9-14(2)8-15(3)10-17/h5-6,8-11,13H,4,7,12H2,1-3H3,(H,23,28)(H,25,27). The minimum Gasteiger partial charge on any atom is -0.352 e. The molecule has 0 bridgehead atoms. The Morgan fingerprint density at radius 3 is 2.48 bits per heavy atom. The van der Waals surface area contributed by atoms with E-state index in [0.29, 0.717) is 28.7 Å². The number of carbonyl (C=O) groups is 2. The number of hydrogen-bond acceptors (Lipinski definition) is 4. The Balaban J connectivity index is 1.79. The predicted molar refractivity (Wildman–Crippen MR) is 113 cm³/mol. The van der Waals surface area contributed by atoms with Gasteiger partial charge in [0.05, 0.1) is 17.2 Å². The molecule has 2 N–H and O–H groups in total. The van der Waals surface area contributed by atoms with Gasteiger partial charge in [0.1, 0.15) is 6.54 Å². The second kappa shape index (κ2) is 8.68. The van der Waals surface area contributed by atoms with Crippen molar-refractivity contribution in [2.24, 2.45) is 0 Å². The van der Waals surface area contributed by atoms with Gasteiger partial charge in [-0.1, -0.05) is 13.0 Å². The van der Waals surface area contributed by atoms with Crippen molar-refractivity contribution in [3.63, 3.8) is 0 Å². The van der Waals surface area contributed by atoms with Crippen molar-refractivity contribution in [1.29, 1.82) is 0 Å². The fraction of sp³-hybridized carbons (Fsp3) is 0.273. The van der Waals surface area contributed by atoms with Gasteiger partial charge in [-0.2, -0.15) is 0 Å². The largest absolute Gasteiger partial charge is 0.352 e. The number of aromatic nitrogens is 2. The highest BCUT2D eigenvalue weighted by atomic mass is 16.2. The molecule has 0 spiro atoms. The van der Waals surface area contributed by atoms with Gasteiger partial charge in [0.25, 0.3) is 11.5 Å². The minimum atomic E-state index is -0.328. The van der Waals surface area contributed by atoms with E-state index < -0.39 is 0 Å². The number of hydrogen-bond donors (Lipinski definition) is 2. The summed E-state index contributed by atoms with van der Waals surface area (Å²) in [5.41, 5.74) is 3.32. The zero-order valence-electron chi connectivity index (χ0n) is 16.8. The number of rotatable bonds is 6. The van der Waals surface area contributed by atoms with Gasteiger partial charge < -0.3 is 10.6 Å². The summed E-state index contributed by atoms with van der Waals surface area (Å²) in [6.07, 6.45) is 2.17. The summed E-state index contributed by atoms with van der Waals surface area (Å²) in [5, 5.41) is 5.96. The average molecular weight is 392 g/mol. The molecule has 2 amide bonds. The van der Waals surface area contributed by atoms with Crippen molar-refractivity contribution in [3.05, 3.63) is 69.8 Å². The van der Waals surface area contributed by atoms with E-state index in [0.717, 1.165) is 17.5 Å². The van der Waals surface area contributed by atoms with Crippen LogP contribution in [0.5, 0.6) is 0 Å². The van der Waals surface area contributed by atoms with Gasteiger partial charge >= 0.3 is 0 Å². The maximum atomic E-state index is 12.7. The van der Waals surface area contributed by atoms with Crippen LogP contribution in [-0.2, 0) is 11.3 Å². The van der Waals surface area contributed by atoms with Crippen LogP contribution in [0.2, 0.25) is 0 Å². The van der Waals surface area contributed by atoms with E-state index in [2.05, 4.69) is 15.6 Å². The monoisotopic (exact) mass is 392 g/mol. The smallest absolute Gasteiger partial charge is 0.261 e. The van der Waals surface area contributed by atoms with Gasteiger partial charge in [0.15, 0.2) is 0 Å². The molecule has 0 aliphatic heterocycles. The van der Waals surface area contributed by atoms with Gasteiger partial charge in [-0.3, -0.25) is 19.0 Å². The normalized spacial score (nSPS) is 10.7. The fourth-order valence-corrected chi connectivity index (χ4v) is 3.15. The highest BCUT2D eigenvalue weighted by Gasteiger charge is 2.11. The first-order valence-electron chi connectivity index (χ1n) is 9.53. The fourth-order valence-electron chi connectivity index (χ4n) is 3.15. The molecule has 3 rings (SSSR count). The van der Waals surface area contributed by atoms with Crippen LogP contribution in [0.25, 0.3) is 10.9 Å². The molecule has 0 unspecified atom stereocenters. The molecule has 1 aromatic heterocycles. The van der Waals surface area contributed by atoms with E-state index in [9.17, 15) is 14.4 Å². The molecule has 2 aromatic carbocycles. The molecule has 150 valence electrons. The topological polar surface area (TPSA) is 93.1 Å². The summed E-state index contributed by atoms with van der Waals surface area (Å²) >= 11 is 0. The molecule has 1 heterocycles. The molecule has 0 saturated carbocycles. The number of nitrogens with zero attached hydrogens (tertiary/aromatic N) is 2. The highest BCUT2D eigenvalue weighted by molar-refractivity contribution is 5.97. The van der Waals surface area contributed by atoms with Crippen molar-refractivity contribution in [2.45, 2.75) is 33.7 Å². The Morgan fingerprint density at radius 2 is 1.79 bits per heavy atom. The van der Waals surface area contributed by atoms with Crippen molar-refractivity contribution in [1.82, 2.24) is 14.9 Å². The lowest BCUT2D eigenvalue weighted by Crippen LogP contribution is -2.28. The average Bonchev–Trinajstić information content (AvgIpc) is 2.67. The summed E-state index contributed by atoms with van der Waals surface area (Å²) < 4.78 is 1.26. The molecule has 3 aromatic rings. The molecule has 0 aliphatic rings. The van der Waals surface area contributed by atoms with Crippen LogP contribution in [-0.4, -0.2) is 27.9 Å². The first kappa shape index (κ1) is 20.3. The molecular formula is C22H24N4O3. The van der Waals surface area contributed by atoms with E-state index >= 15 is 0 Å². The molecule has 0 aliphatic carbocycles. The summed E-state index contributed by atoms with van der Waals surface area (Å²) in [6, 6.07) is 10.5. The summed E-state index contributed by atoms with van der Waals surface area (Å²) in [6.45, 7) is 6.32. The number of fused-ring (bicyclic) bond motifs is 1. The molecule has 0 fully saturated rings. The highest BCUT2D eigenvalue weighted by Crippen LogP contribution is 2.14. The second-order valence-electron chi connectivity index (χ2n) is 7.09. The predicted octanol–water partition coefficient (Wildman–Crippen LogP) is 2.79. The van der Waals surface area contributed by atoms with Crippen LogP contribution < -0.4 is 16.2 Å². The maximum Gasteiger partial charge on any atom is 0.261 e. The number of aryl methyl sites for hydroxylation is 2. The van der Waals surface area contributed by atoms with E-state index in [1.807, 2.05) is 39.0 Å². The third-order valence-electron chi connectivity index (χ3n) is 4.44. The summed E-state index contributed by atoms with van der Waals surface area (Å²) in [7, 11) is 0. The van der Waals surface area contributed by atoms with Crippen LogP contribution in [0.15, 0.2) is 47.5 Å². The second-order valence-corrected chi connectivity index (χ2v) is 7.09. The number of carbonyl (C=O) groups excluding carboxylic acids is 2. The Labute approximate surface area is 168 Å². The lowest BCUT2D eigenvalue weighted by Gasteiger charge is -2.10. The lowest BCUT2D eigenvalue weighted by atomic mass is 10.1. The quantitative estimate of drug-likeness (QED) is 0.675. The first-order valence-corrected chi connectivity index (χ1v) is 9.53. The first-order chi connectivity index (χ1) is 13.9. The maximum absolute atomic E-state index is 12.7. The van der Waals surface area contributed by atoms with Crippen LogP contribution in [0.4, 0.5) is 5.69 Å². The number of benzene rings is 2. The lowest BCUT2D eigenvalue weighted by molar-refractivity contribution is -0.116. The molecular weight excluding hydrogens is 368 g/mol. The van der Waals surface area contributed by atoms with Gasteiger partial charge in [-0.25, -0.2) is 4.98 Å². The Hall–Kier alpha value is -3.48. The van der Waals surface area contributed by atoms with Gasteiger partial charge in [-0.15, -0.1) is 0 Å². The van der Waals surface area contributed by atoms with Gasteiger partial charge in [-0.05, 0) is 61.7 Å². The van der Waals surface area contributed by atoms with Crippen molar-refractivity contribution in [2.75, 3.05) is 11.9 Å². The Kier molecular flexibility index (Phi) is 6.07. The van der Waals surface area contributed by atoms with Crippen molar-refractivity contribution < 1.29 is 9.59 Å². The SMILES string of the molecule is CCCNC(=O)c1ccc2c(=O)n(CC(=O)Nc3cc(C)cc(C)c3)cnc2c1. The molecule has 0 radical (unpaired) electrons. The molecule has 0 atom stereocenters.